The molecule has 24 heavy (non-hydrogen) atoms. The van der Waals surface area contributed by atoms with Crippen molar-refractivity contribution in [3.05, 3.63) is 60.3 Å². The van der Waals surface area contributed by atoms with Crippen molar-refractivity contribution >= 4 is 11.6 Å². The number of amides is 1. The number of hydrogen-bond acceptors (Lipinski definition) is 5. The van der Waals surface area contributed by atoms with Crippen LogP contribution >= 0.6 is 0 Å². The standard InChI is InChI=1S/C17H17N5O2/c23-17(13-1-2-16-19-11-20-22(16)8-13)21-15-10-24-9-14(15)7-12-3-5-18-6-4-12/h1-6,8,11,14-15H,7,9-10H2,(H,21,23)/t14-,15-/m1/s1. The van der Waals surface area contributed by atoms with Crippen molar-refractivity contribution in [3.63, 3.8) is 0 Å². The molecule has 1 saturated heterocycles. The molecule has 3 aromatic heterocycles. The molecule has 1 amide bonds. The van der Waals surface area contributed by atoms with E-state index in [9.17, 15) is 4.79 Å². The summed E-state index contributed by atoms with van der Waals surface area (Å²) in [6.07, 6.45) is 7.58. The molecule has 1 aliphatic heterocycles. The number of ether oxygens (including phenoxy) is 1. The van der Waals surface area contributed by atoms with Gasteiger partial charge in [-0.15, -0.1) is 0 Å². The number of aromatic nitrogens is 4. The third-order valence-electron chi connectivity index (χ3n) is 4.30. The van der Waals surface area contributed by atoms with Gasteiger partial charge in [0.1, 0.15) is 6.33 Å². The van der Waals surface area contributed by atoms with E-state index in [2.05, 4.69) is 20.4 Å². The maximum Gasteiger partial charge on any atom is 0.253 e. The average molecular weight is 323 g/mol. The molecule has 7 heteroatoms. The molecule has 1 fully saturated rings. The molecule has 0 radical (unpaired) electrons. The number of carbonyl (C=O) groups excluding carboxylic acids is 1. The van der Waals surface area contributed by atoms with Crippen molar-refractivity contribution < 1.29 is 9.53 Å². The Morgan fingerprint density at radius 3 is 3.00 bits per heavy atom. The Kier molecular flexibility index (Phi) is 3.92. The van der Waals surface area contributed by atoms with Crippen molar-refractivity contribution in [2.75, 3.05) is 13.2 Å². The van der Waals surface area contributed by atoms with Crippen LogP contribution in [0.4, 0.5) is 0 Å². The molecule has 3 aromatic rings. The zero-order chi connectivity index (χ0) is 16.4. The summed E-state index contributed by atoms with van der Waals surface area (Å²) in [4.78, 5) is 20.6. The first kappa shape index (κ1) is 14.8. The number of pyridine rings is 2. The molecule has 4 rings (SSSR count). The maximum absolute atomic E-state index is 12.5. The number of nitrogens with one attached hydrogen (secondary N) is 1. The summed E-state index contributed by atoms with van der Waals surface area (Å²) in [5.41, 5.74) is 2.47. The van der Waals surface area contributed by atoms with E-state index in [1.165, 1.54) is 11.9 Å². The van der Waals surface area contributed by atoms with Gasteiger partial charge in [-0.2, -0.15) is 5.10 Å². The molecule has 0 aliphatic carbocycles. The van der Waals surface area contributed by atoms with Crippen LogP contribution in [0.3, 0.4) is 0 Å². The fourth-order valence-electron chi connectivity index (χ4n) is 2.98. The van der Waals surface area contributed by atoms with Gasteiger partial charge in [0.15, 0.2) is 5.65 Å². The van der Waals surface area contributed by atoms with Gasteiger partial charge in [-0.25, -0.2) is 9.50 Å². The Morgan fingerprint density at radius 1 is 1.25 bits per heavy atom. The van der Waals surface area contributed by atoms with Crippen LogP contribution in [0.2, 0.25) is 0 Å². The molecular weight excluding hydrogens is 306 g/mol. The first-order valence-corrected chi connectivity index (χ1v) is 7.86. The Hall–Kier alpha value is -2.80. The predicted molar refractivity (Wildman–Crippen MR) is 86.5 cm³/mol. The molecule has 7 nitrogen and oxygen atoms in total. The van der Waals surface area contributed by atoms with Crippen molar-refractivity contribution in [1.29, 1.82) is 0 Å². The van der Waals surface area contributed by atoms with Crippen LogP contribution in [-0.2, 0) is 11.2 Å². The average Bonchev–Trinajstić information content (AvgIpc) is 3.24. The van der Waals surface area contributed by atoms with E-state index in [0.29, 0.717) is 24.4 Å². The SMILES string of the molecule is O=C(N[C@@H]1COC[C@H]1Cc1ccncc1)c1ccc2ncnn2c1. The minimum atomic E-state index is -0.123. The zero-order valence-electron chi connectivity index (χ0n) is 13.0. The summed E-state index contributed by atoms with van der Waals surface area (Å²) >= 11 is 0. The zero-order valence-corrected chi connectivity index (χ0v) is 13.0. The number of rotatable bonds is 4. The molecule has 0 unspecified atom stereocenters. The Morgan fingerprint density at radius 2 is 2.12 bits per heavy atom. The lowest BCUT2D eigenvalue weighted by Gasteiger charge is -2.19. The van der Waals surface area contributed by atoms with E-state index in [0.717, 1.165) is 6.42 Å². The molecule has 122 valence electrons. The molecule has 1 N–H and O–H groups in total. The smallest absolute Gasteiger partial charge is 0.253 e. The van der Waals surface area contributed by atoms with E-state index in [1.54, 1.807) is 35.2 Å². The van der Waals surface area contributed by atoms with Gasteiger partial charge in [0, 0.05) is 24.5 Å². The van der Waals surface area contributed by atoms with E-state index in [1.807, 2.05) is 12.1 Å². The highest BCUT2D eigenvalue weighted by atomic mass is 16.5. The summed E-state index contributed by atoms with van der Waals surface area (Å²) in [5, 5.41) is 7.14. The monoisotopic (exact) mass is 323 g/mol. The highest BCUT2D eigenvalue weighted by molar-refractivity contribution is 5.94. The Labute approximate surface area is 138 Å². The molecule has 1 aliphatic rings. The van der Waals surface area contributed by atoms with Crippen molar-refractivity contribution in [2.45, 2.75) is 12.5 Å². The largest absolute Gasteiger partial charge is 0.379 e. The van der Waals surface area contributed by atoms with Crippen molar-refractivity contribution in [1.82, 2.24) is 24.9 Å². The van der Waals surface area contributed by atoms with E-state index in [4.69, 9.17) is 4.74 Å². The normalized spacial score (nSPS) is 20.3. The van der Waals surface area contributed by atoms with Crippen LogP contribution in [-0.4, -0.2) is 44.7 Å². The number of fused-ring (bicyclic) bond motifs is 1. The minimum absolute atomic E-state index is 0.00268. The van der Waals surface area contributed by atoms with E-state index >= 15 is 0 Å². The molecule has 0 saturated carbocycles. The summed E-state index contributed by atoms with van der Waals surface area (Å²) in [6, 6.07) is 7.53. The fraction of sp³-hybridized carbons (Fsp3) is 0.294. The van der Waals surface area contributed by atoms with Gasteiger partial charge in [0.2, 0.25) is 0 Å². The van der Waals surface area contributed by atoms with Gasteiger partial charge in [-0.3, -0.25) is 9.78 Å². The van der Waals surface area contributed by atoms with Crippen LogP contribution in [0, 0.1) is 5.92 Å². The quantitative estimate of drug-likeness (QED) is 0.778. The summed E-state index contributed by atoms with van der Waals surface area (Å²) < 4.78 is 7.17. The second-order valence-electron chi connectivity index (χ2n) is 5.92. The van der Waals surface area contributed by atoms with Crippen LogP contribution in [0.15, 0.2) is 49.2 Å². The van der Waals surface area contributed by atoms with Gasteiger partial charge in [-0.1, -0.05) is 0 Å². The maximum atomic E-state index is 12.5. The highest BCUT2D eigenvalue weighted by Crippen LogP contribution is 2.19. The van der Waals surface area contributed by atoms with Crippen molar-refractivity contribution in [2.24, 2.45) is 5.92 Å². The first-order chi connectivity index (χ1) is 11.8. The third-order valence-corrected chi connectivity index (χ3v) is 4.30. The third kappa shape index (κ3) is 2.98. The van der Waals surface area contributed by atoms with E-state index < -0.39 is 0 Å². The van der Waals surface area contributed by atoms with Crippen LogP contribution in [0.5, 0.6) is 0 Å². The number of carbonyl (C=O) groups is 1. The molecule has 0 bridgehead atoms. The lowest BCUT2D eigenvalue weighted by Crippen LogP contribution is -2.40. The molecule has 2 atom stereocenters. The fourth-order valence-corrected chi connectivity index (χ4v) is 2.98. The number of hydrogen-bond donors (Lipinski definition) is 1. The van der Waals surface area contributed by atoms with Crippen LogP contribution in [0.1, 0.15) is 15.9 Å². The van der Waals surface area contributed by atoms with Gasteiger partial charge in [0.25, 0.3) is 5.91 Å². The van der Waals surface area contributed by atoms with Gasteiger partial charge in [0.05, 0.1) is 24.8 Å². The van der Waals surface area contributed by atoms with Crippen molar-refractivity contribution in [3.8, 4) is 0 Å². The highest BCUT2D eigenvalue weighted by Gasteiger charge is 2.30. The van der Waals surface area contributed by atoms with Crippen LogP contribution in [0.25, 0.3) is 5.65 Å². The molecule has 0 aromatic carbocycles. The van der Waals surface area contributed by atoms with Crippen LogP contribution < -0.4 is 5.32 Å². The molecule has 4 heterocycles. The summed E-state index contributed by atoms with van der Waals surface area (Å²) in [6.45, 7) is 1.18. The van der Waals surface area contributed by atoms with Gasteiger partial charge >= 0.3 is 0 Å². The van der Waals surface area contributed by atoms with E-state index in [-0.39, 0.29) is 17.9 Å². The second kappa shape index (κ2) is 6.37. The Bertz CT molecular complexity index is 848. The second-order valence-corrected chi connectivity index (χ2v) is 5.92. The lowest BCUT2D eigenvalue weighted by atomic mass is 9.95. The first-order valence-electron chi connectivity index (χ1n) is 7.86. The summed E-state index contributed by atoms with van der Waals surface area (Å²) in [5.74, 6) is 0.133. The Balaban J connectivity index is 1.45. The van der Waals surface area contributed by atoms with Gasteiger partial charge in [-0.05, 0) is 36.2 Å². The molecule has 0 spiro atoms. The topological polar surface area (TPSA) is 81.4 Å². The summed E-state index contributed by atoms with van der Waals surface area (Å²) in [7, 11) is 0. The predicted octanol–water partition coefficient (Wildman–Crippen LogP) is 1.11. The number of nitrogens with zero attached hydrogens (tertiary/aromatic N) is 4. The lowest BCUT2D eigenvalue weighted by molar-refractivity contribution is 0.0924. The van der Waals surface area contributed by atoms with Gasteiger partial charge < -0.3 is 10.1 Å². The minimum Gasteiger partial charge on any atom is -0.379 e. The molecular formula is C17H17N5O2.